The molecule has 0 aliphatic rings. The number of thiazole rings is 1. The van der Waals surface area contributed by atoms with Crippen LogP contribution in [0, 0.1) is 0 Å². The molecule has 0 radical (unpaired) electrons. The number of ether oxygens (including phenoxy) is 1. The van der Waals surface area contributed by atoms with E-state index in [0.29, 0.717) is 23.1 Å². The highest BCUT2D eigenvalue weighted by Crippen LogP contribution is 2.24. The Morgan fingerprint density at radius 3 is 2.69 bits per heavy atom. The lowest BCUT2D eigenvalue weighted by atomic mass is 10.1. The molecular formula is C21H22N2O2S. The van der Waals surface area contributed by atoms with E-state index in [4.69, 9.17) is 4.74 Å². The summed E-state index contributed by atoms with van der Waals surface area (Å²) in [6.07, 6.45) is 4.64. The Kier molecular flexibility index (Phi) is 6.39. The highest BCUT2D eigenvalue weighted by atomic mass is 32.1. The standard InChI is InChI=1S/C21H22N2O2S/c1-2-3-13-25-19-12-8-7-11-18(19)20(24)23-21-22-15-17(26-21)14-16-9-5-4-6-10-16/h4-12,15H,2-3,13-14H2,1H3,(H,22,23,24). The van der Waals surface area contributed by atoms with Crippen LogP contribution < -0.4 is 10.1 Å². The lowest BCUT2D eigenvalue weighted by Crippen LogP contribution is -2.13. The zero-order valence-corrected chi connectivity index (χ0v) is 15.6. The van der Waals surface area contributed by atoms with Gasteiger partial charge in [0.25, 0.3) is 5.91 Å². The van der Waals surface area contributed by atoms with Crippen LogP contribution in [0.3, 0.4) is 0 Å². The molecule has 3 aromatic rings. The fourth-order valence-electron chi connectivity index (χ4n) is 2.52. The molecule has 0 saturated carbocycles. The van der Waals surface area contributed by atoms with E-state index in [2.05, 4.69) is 29.4 Å². The number of unbranched alkanes of at least 4 members (excludes halogenated alkanes) is 1. The average Bonchev–Trinajstić information content (AvgIpc) is 3.10. The second kappa shape index (κ2) is 9.15. The molecule has 0 unspecified atom stereocenters. The molecule has 1 aromatic heterocycles. The number of anilines is 1. The van der Waals surface area contributed by atoms with Gasteiger partial charge in [0.2, 0.25) is 0 Å². The number of amides is 1. The number of rotatable bonds is 8. The van der Waals surface area contributed by atoms with Gasteiger partial charge in [0, 0.05) is 17.5 Å². The highest BCUT2D eigenvalue weighted by molar-refractivity contribution is 7.15. The maximum Gasteiger partial charge on any atom is 0.261 e. The van der Waals surface area contributed by atoms with Crippen molar-refractivity contribution in [3.05, 3.63) is 76.8 Å². The second-order valence-corrected chi connectivity index (χ2v) is 7.06. The van der Waals surface area contributed by atoms with Crippen LogP contribution in [0.4, 0.5) is 5.13 Å². The van der Waals surface area contributed by atoms with Gasteiger partial charge in [-0.2, -0.15) is 0 Å². The fourth-order valence-corrected chi connectivity index (χ4v) is 3.36. The summed E-state index contributed by atoms with van der Waals surface area (Å²) >= 11 is 1.49. The SMILES string of the molecule is CCCCOc1ccccc1C(=O)Nc1ncc(Cc2ccccc2)s1. The number of hydrogen-bond acceptors (Lipinski definition) is 4. The lowest BCUT2D eigenvalue weighted by molar-refractivity contribution is 0.102. The van der Waals surface area contributed by atoms with Crippen molar-refractivity contribution >= 4 is 22.4 Å². The molecule has 0 fully saturated rings. The molecule has 5 heteroatoms. The maximum atomic E-state index is 12.6. The van der Waals surface area contributed by atoms with Crippen LogP contribution in [0.5, 0.6) is 5.75 Å². The van der Waals surface area contributed by atoms with Crippen molar-refractivity contribution in [1.29, 1.82) is 0 Å². The molecule has 0 atom stereocenters. The molecule has 1 heterocycles. The topological polar surface area (TPSA) is 51.2 Å². The van der Waals surface area contributed by atoms with Crippen molar-refractivity contribution in [3.8, 4) is 5.75 Å². The van der Waals surface area contributed by atoms with Gasteiger partial charge >= 0.3 is 0 Å². The minimum atomic E-state index is -0.197. The number of nitrogens with one attached hydrogen (secondary N) is 1. The molecule has 0 bridgehead atoms. The Morgan fingerprint density at radius 1 is 1.12 bits per heavy atom. The van der Waals surface area contributed by atoms with E-state index in [9.17, 15) is 4.79 Å². The van der Waals surface area contributed by atoms with Crippen LogP contribution >= 0.6 is 11.3 Å². The average molecular weight is 366 g/mol. The molecule has 134 valence electrons. The van der Waals surface area contributed by atoms with Crippen molar-refractivity contribution in [3.63, 3.8) is 0 Å². The fraction of sp³-hybridized carbons (Fsp3) is 0.238. The van der Waals surface area contributed by atoms with Crippen molar-refractivity contribution < 1.29 is 9.53 Å². The van der Waals surface area contributed by atoms with E-state index in [1.54, 1.807) is 6.07 Å². The molecule has 0 spiro atoms. The van der Waals surface area contributed by atoms with Crippen LogP contribution in [0.1, 0.15) is 40.6 Å². The lowest BCUT2D eigenvalue weighted by Gasteiger charge is -2.10. The monoisotopic (exact) mass is 366 g/mol. The first kappa shape index (κ1) is 18.1. The summed E-state index contributed by atoms with van der Waals surface area (Å²) in [5.74, 6) is 0.414. The smallest absolute Gasteiger partial charge is 0.261 e. The van der Waals surface area contributed by atoms with Gasteiger partial charge in [-0.25, -0.2) is 4.98 Å². The molecule has 0 aliphatic carbocycles. The number of benzene rings is 2. The van der Waals surface area contributed by atoms with Gasteiger partial charge in [-0.05, 0) is 24.1 Å². The van der Waals surface area contributed by atoms with Gasteiger partial charge in [0.05, 0.1) is 12.2 Å². The quantitative estimate of drug-likeness (QED) is 0.560. The summed E-state index contributed by atoms with van der Waals surface area (Å²) in [6, 6.07) is 17.5. The van der Waals surface area contributed by atoms with Gasteiger partial charge in [-0.1, -0.05) is 55.8 Å². The third-order valence-electron chi connectivity index (χ3n) is 3.88. The minimum absolute atomic E-state index is 0.197. The van der Waals surface area contributed by atoms with E-state index in [1.165, 1.54) is 16.9 Å². The molecule has 1 N–H and O–H groups in total. The third kappa shape index (κ3) is 4.92. The van der Waals surface area contributed by atoms with Crippen LogP contribution in [0.25, 0.3) is 0 Å². The summed E-state index contributed by atoms with van der Waals surface area (Å²) in [4.78, 5) is 18.0. The number of nitrogens with zero attached hydrogens (tertiary/aromatic N) is 1. The summed E-state index contributed by atoms with van der Waals surface area (Å²) in [7, 11) is 0. The van der Waals surface area contributed by atoms with Crippen molar-refractivity contribution in [2.24, 2.45) is 0 Å². The van der Waals surface area contributed by atoms with Crippen LogP contribution in [0.15, 0.2) is 60.8 Å². The van der Waals surface area contributed by atoms with Crippen molar-refractivity contribution in [1.82, 2.24) is 4.98 Å². The van der Waals surface area contributed by atoms with Gasteiger partial charge < -0.3 is 4.74 Å². The van der Waals surface area contributed by atoms with Gasteiger partial charge in [-0.15, -0.1) is 11.3 Å². The predicted octanol–water partition coefficient (Wildman–Crippen LogP) is 5.17. The number of hydrogen-bond donors (Lipinski definition) is 1. The van der Waals surface area contributed by atoms with Gasteiger partial charge in [0.1, 0.15) is 5.75 Å². The second-order valence-electron chi connectivity index (χ2n) is 5.95. The van der Waals surface area contributed by atoms with E-state index in [1.807, 2.05) is 42.6 Å². The maximum absolute atomic E-state index is 12.6. The summed E-state index contributed by atoms with van der Waals surface area (Å²) in [5, 5.41) is 3.48. The van der Waals surface area contributed by atoms with E-state index in [0.717, 1.165) is 24.1 Å². The zero-order chi connectivity index (χ0) is 18.2. The molecule has 3 rings (SSSR count). The van der Waals surface area contributed by atoms with Crippen molar-refractivity contribution in [2.75, 3.05) is 11.9 Å². The predicted molar refractivity (Wildman–Crippen MR) is 106 cm³/mol. The summed E-state index contributed by atoms with van der Waals surface area (Å²) in [6.45, 7) is 2.72. The number of aromatic nitrogens is 1. The Bertz CT molecular complexity index is 846. The van der Waals surface area contributed by atoms with E-state index in [-0.39, 0.29) is 5.91 Å². The van der Waals surface area contributed by atoms with Crippen molar-refractivity contribution in [2.45, 2.75) is 26.2 Å². The largest absolute Gasteiger partial charge is 0.493 e. The summed E-state index contributed by atoms with van der Waals surface area (Å²) < 4.78 is 5.74. The number of para-hydroxylation sites is 1. The Hall–Kier alpha value is -2.66. The molecular weight excluding hydrogens is 344 g/mol. The molecule has 4 nitrogen and oxygen atoms in total. The van der Waals surface area contributed by atoms with Crippen LogP contribution in [-0.4, -0.2) is 17.5 Å². The van der Waals surface area contributed by atoms with Crippen LogP contribution in [0.2, 0.25) is 0 Å². The van der Waals surface area contributed by atoms with E-state index >= 15 is 0 Å². The highest BCUT2D eigenvalue weighted by Gasteiger charge is 2.14. The summed E-state index contributed by atoms with van der Waals surface area (Å²) in [5.41, 5.74) is 1.76. The number of carbonyl (C=O) groups excluding carboxylic acids is 1. The minimum Gasteiger partial charge on any atom is -0.493 e. The third-order valence-corrected chi connectivity index (χ3v) is 4.80. The molecule has 26 heavy (non-hydrogen) atoms. The van der Waals surface area contributed by atoms with Crippen LogP contribution in [-0.2, 0) is 6.42 Å². The molecule has 0 saturated heterocycles. The molecule has 2 aromatic carbocycles. The zero-order valence-electron chi connectivity index (χ0n) is 14.8. The first-order chi connectivity index (χ1) is 12.8. The Morgan fingerprint density at radius 2 is 1.88 bits per heavy atom. The first-order valence-electron chi connectivity index (χ1n) is 8.78. The molecule has 0 aliphatic heterocycles. The first-order valence-corrected chi connectivity index (χ1v) is 9.59. The molecule has 1 amide bonds. The van der Waals surface area contributed by atoms with Gasteiger partial charge in [0.15, 0.2) is 5.13 Å². The van der Waals surface area contributed by atoms with E-state index < -0.39 is 0 Å². The van der Waals surface area contributed by atoms with Gasteiger partial charge in [-0.3, -0.25) is 10.1 Å². The Balaban J connectivity index is 1.65. The normalized spacial score (nSPS) is 10.5. The number of carbonyl (C=O) groups is 1. The Labute approximate surface area is 157 Å².